The number of aromatic hydroxyl groups is 1. The van der Waals surface area contributed by atoms with Crippen molar-refractivity contribution in [1.29, 1.82) is 0 Å². The Kier molecular flexibility index (Phi) is 3.72. The predicted octanol–water partition coefficient (Wildman–Crippen LogP) is 4.39. The molecule has 0 unspecified atom stereocenters. The minimum atomic E-state index is -0.726. The van der Waals surface area contributed by atoms with E-state index in [1.54, 1.807) is 6.07 Å². The van der Waals surface area contributed by atoms with Crippen molar-refractivity contribution in [3.63, 3.8) is 0 Å². The van der Waals surface area contributed by atoms with Gasteiger partial charge in [-0.25, -0.2) is 4.98 Å². The van der Waals surface area contributed by atoms with Crippen LogP contribution in [0.4, 0.5) is 4.39 Å². The van der Waals surface area contributed by atoms with Crippen molar-refractivity contribution in [2.45, 2.75) is 57.3 Å². The second kappa shape index (κ2) is 5.48. The number of halogens is 1. The average molecular weight is 263 g/mol. The van der Waals surface area contributed by atoms with Gasteiger partial charge in [0.15, 0.2) is 5.75 Å². The van der Waals surface area contributed by atoms with Gasteiger partial charge < -0.3 is 5.11 Å². The number of hydrogen-bond donors (Lipinski definition) is 1. The molecule has 2 nitrogen and oxygen atoms in total. The zero-order valence-electron chi connectivity index (χ0n) is 11.3. The molecule has 0 spiro atoms. The van der Waals surface area contributed by atoms with Gasteiger partial charge in [0, 0.05) is 11.6 Å². The Morgan fingerprint density at radius 2 is 1.58 bits per heavy atom. The number of pyridine rings is 1. The van der Waals surface area contributed by atoms with Gasteiger partial charge in [-0.1, -0.05) is 25.7 Å². The van der Waals surface area contributed by atoms with Crippen LogP contribution in [0.15, 0.2) is 12.1 Å². The molecule has 0 aliphatic heterocycles. The zero-order chi connectivity index (χ0) is 13.2. The molecule has 0 bridgehead atoms. The Hall–Kier alpha value is -1.12. The van der Waals surface area contributed by atoms with Crippen LogP contribution in [0.25, 0.3) is 0 Å². The molecule has 2 aliphatic carbocycles. The van der Waals surface area contributed by atoms with Crippen LogP contribution in [0.5, 0.6) is 5.75 Å². The first-order valence-electron chi connectivity index (χ1n) is 7.59. The van der Waals surface area contributed by atoms with Crippen LogP contribution in [0, 0.1) is 17.8 Å². The summed E-state index contributed by atoms with van der Waals surface area (Å²) in [4.78, 5) is 3.90. The van der Waals surface area contributed by atoms with Crippen LogP contribution in [0.3, 0.4) is 0 Å². The Bertz CT molecular complexity index is 434. The Labute approximate surface area is 114 Å². The molecule has 104 valence electrons. The van der Waals surface area contributed by atoms with Gasteiger partial charge in [0.05, 0.1) is 0 Å². The Morgan fingerprint density at radius 3 is 2.21 bits per heavy atom. The van der Waals surface area contributed by atoms with Crippen LogP contribution < -0.4 is 0 Å². The maximum atomic E-state index is 13.3. The van der Waals surface area contributed by atoms with E-state index in [0.717, 1.165) is 30.4 Å². The fraction of sp³-hybridized carbons (Fsp3) is 0.688. The molecule has 0 radical (unpaired) electrons. The Morgan fingerprint density at radius 1 is 0.947 bits per heavy atom. The van der Waals surface area contributed by atoms with E-state index in [-0.39, 0.29) is 5.75 Å². The van der Waals surface area contributed by atoms with Gasteiger partial charge in [-0.05, 0) is 49.7 Å². The fourth-order valence-corrected chi connectivity index (χ4v) is 3.98. The predicted molar refractivity (Wildman–Crippen MR) is 72.5 cm³/mol. The molecule has 19 heavy (non-hydrogen) atoms. The molecule has 3 heteroatoms. The third-order valence-electron chi connectivity index (χ3n) is 5.11. The number of hydrogen-bond acceptors (Lipinski definition) is 2. The van der Waals surface area contributed by atoms with Gasteiger partial charge in [0.2, 0.25) is 0 Å². The highest BCUT2D eigenvalue weighted by Crippen LogP contribution is 2.43. The highest BCUT2D eigenvalue weighted by Gasteiger charge is 2.30. The van der Waals surface area contributed by atoms with Crippen molar-refractivity contribution in [2.24, 2.45) is 11.8 Å². The fourth-order valence-electron chi connectivity index (χ4n) is 3.98. The van der Waals surface area contributed by atoms with Crippen LogP contribution in [0.1, 0.15) is 63.0 Å². The summed E-state index contributed by atoms with van der Waals surface area (Å²) in [6, 6.07) is 3.21. The zero-order valence-corrected chi connectivity index (χ0v) is 11.3. The van der Waals surface area contributed by atoms with Gasteiger partial charge >= 0.3 is 0 Å². The molecule has 0 atom stereocenters. The molecule has 3 rings (SSSR count). The van der Waals surface area contributed by atoms with Crippen LogP contribution in [-0.4, -0.2) is 10.1 Å². The molecule has 0 saturated heterocycles. The second-order valence-electron chi connectivity index (χ2n) is 6.20. The van der Waals surface area contributed by atoms with E-state index in [4.69, 9.17) is 0 Å². The normalized spacial score (nSPS) is 28.7. The minimum absolute atomic E-state index is 0.344. The lowest BCUT2D eigenvalue weighted by atomic mass is 9.74. The maximum absolute atomic E-state index is 13.3. The average Bonchev–Trinajstić information content (AvgIpc) is 2.96. The van der Waals surface area contributed by atoms with Crippen molar-refractivity contribution in [1.82, 2.24) is 4.98 Å². The number of aromatic nitrogens is 1. The van der Waals surface area contributed by atoms with E-state index in [1.807, 2.05) is 0 Å². The molecule has 2 fully saturated rings. The SMILES string of the molecule is Oc1ccc(C2CCC(C3CCCC3)CC2)nc1F. The molecular formula is C16H22FNO. The quantitative estimate of drug-likeness (QED) is 0.803. The standard InChI is InChI=1S/C16H22FNO/c17-16-15(19)10-9-14(18-16)13-7-5-12(6-8-13)11-3-1-2-4-11/h9-13,19H,1-8H2. The summed E-state index contributed by atoms with van der Waals surface area (Å²) in [5, 5.41) is 9.19. The first-order chi connectivity index (χ1) is 9.24. The summed E-state index contributed by atoms with van der Waals surface area (Å²) in [5.41, 5.74) is 0.820. The smallest absolute Gasteiger partial charge is 0.255 e. The van der Waals surface area contributed by atoms with Crippen molar-refractivity contribution >= 4 is 0 Å². The number of rotatable bonds is 2. The van der Waals surface area contributed by atoms with Crippen LogP contribution in [-0.2, 0) is 0 Å². The van der Waals surface area contributed by atoms with E-state index < -0.39 is 5.95 Å². The van der Waals surface area contributed by atoms with Gasteiger partial charge in [0.25, 0.3) is 5.95 Å². The van der Waals surface area contributed by atoms with E-state index in [0.29, 0.717) is 5.92 Å². The van der Waals surface area contributed by atoms with E-state index in [9.17, 15) is 9.50 Å². The van der Waals surface area contributed by atoms with Gasteiger partial charge in [-0.15, -0.1) is 0 Å². The molecule has 2 saturated carbocycles. The lowest BCUT2D eigenvalue weighted by Crippen LogP contribution is -2.20. The monoisotopic (exact) mass is 263 g/mol. The minimum Gasteiger partial charge on any atom is -0.504 e. The lowest BCUT2D eigenvalue weighted by molar-refractivity contribution is 0.233. The summed E-state index contributed by atoms with van der Waals surface area (Å²) in [6.07, 6.45) is 10.4. The summed E-state index contributed by atoms with van der Waals surface area (Å²) in [5.74, 6) is 1.15. The molecule has 1 aromatic heterocycles. The Balaban J connectivity index is 1.61. The first kappa shape index (κ1) is 12.9. The van der Waals surface area contributed by atoms with Crippen molar-refractivity contribution in [3.05, 3.63) is 23.8 Å². The molecule has 0 aromatic carbocycles. The van der Waals surface area contributed by atoms with E-state index in [2.05, 4.69) is 4.98 Å². The molecule has 1 aromatic rings. The lowest BCUT2D eigenvalue weighted by Gasteiger charge is -2.32. The second-order valence-corrected chi connectivity index (χ2v) is 6.20. The molecular weight excluding hydrogens is 241 g/mol. The van der Waals surface area contributed by atoms with Crippen LogP contribution >= 0.6 is 0 Å². The van der Waals surface area contributed by atoms with Crippen LogP contribution in [0.2, 0.25) is 0 Å². The van der Waals surface area contributed by atoms with Gasteiger partial charge in [-0.3, -0.25) is 0 Å². The summed E-state index contributed by atoms with van der Waals surface area (Å²) >= 11 is 0. The largest absolute Gasteiger partial charge is 0.504 e. The topological polar surface area (TPSA) is 33.1 Å². The first-order valence-corrected chi connectivity index (χ1v) is 7.59. The van der Waals surface area contributed by atoms with Crippen molar-refractivity contribution in [2.75, 3.05) is 0 Å². The van der Waals surface area contributed by atoms with Gasteiger partial charge in [-0.2, -0.15) is 4.39 Å². The third-order valence-corrected chi connectivity index (χ3v) is 5.11. The van der Waals surface area contributed by atoms with Gasteiger partial charge in [0.1, 0.15) is 0 Å². The third kappa shape index (κ3) is 2.75. The highest BCUT2D eigenvalue weighted by molar-refractivity contribution is 5.22. The molecule has 1 heterocycles. The molecule has 2 aliphatic rings. The molecule has 1 N–H and O–H groups in total. The highest BCUT2D eigenvalue weighted by atomic mass is 19.1. The summed E-state index contributed by atoms with van der Waals surface area (Å²) < 4.78 is 13.3. The maximum Gasteiger partial charge on any atom is 0.255 e. The van der Waals surface area contributed by atoms with E-state index >= 15 is 0 Å². The number of nitrogens with zero attached hydrogens (tertiary/aromatic N) is 1. The summed E-state index contributed by atoms with van der Waals surface area (Å²) in [6.45, 7) is 0. The van der Waals surface area contributed by atoms with Crippen molar-refractivity contribution in [3.8, 4) is 5.75 Å². The summed E-state index contributed by atoms with van der Waals surface area (Å²) in [7, 11) is 0. The van der Waals surface area contributed by atoms with E-state index in [1.165, 1.54) is 44.6 Å². The molecule has 0 amide bonds. The van der Waals surface area contributed by atoms with Crippen molar-refractivity contribution < 1.29 is 9.50 Å².